The number of nitrogens with one attached hydrogen (secondary N) is 1. The number of hydrogen-bond donors (Lipinski definition) is 1. The molecule has 1 atom stereocenters. The van der Waals surface area contributed by atoms with E-state index < -0.39 is 0 Å². The fourth-order valence-electron chi connectivity index (χ4n) is 3.07. The highest BCUT2D eigenvalue weighted by atomic mass is 35.5. The number of fused-ring (bicyclic) bond motifs is 1. The van der Waals surface area contributed by atoms with Crippen LogP contribution in [0.3, 0.4) is 0 Å². The van der Waals surface area contributed by atoms with E-state index in [1.54, 1.807) is 12.1 Å². The molecule has 0 saturated heterocycles. The zero-order chi connectivity index (χ0) is 18.8. The summed E-state index contributed by atoms with van der Waals surface area (Å²) in [7, 11) is 4.01. The van der Waals surface area contributed by atoms with Crippen LogP contribution < -0.4 is 5.32 Å². The highest BCUT2D eigenvalue weighted by Gasteiger charge is 2.20. The average molecular weight is 371 g/mol. The maximum atomic E-state index is 12.7. The van der Waals surface area contributed by atoms with Crippen LogP contribution in [0.1, 0.15) is 33.3 Å². The highest BCUT2D eigenvalue weighted by Crippen LogP contribution is 2.28. The van der Waals surface area contributed by atoms with Crippen molar-refractivity contribution in [3.05, 3.63) is 69.9 Å². The molecule has 0 fully saturated rings. The quantitative estimate of drug-likeness (QED) is 0.705. The molecule has 0 aliphatic carbocycles. The zero-order valence-electron chi connectivity index (χ0n) is 15.5. The van der Waals surface area contributed by atoms with E-state index in [4.69, 9.17) is 16.0 Å². The third-order valence-corrected chi connectivity index (χ3v) is 4.88. The van der Waals surface area contributed by atoms with E-state index in [0.717, 1.165) is 16.5 Å². The molecule has 2 aromatic carbocycles. The number of likely N-dealkylation sites (N-methyl/N-ethyl adjacent to an activating group) is 1. The lowest BCUT2D eigenvalue weighted by molar-refractivity contribution is 0.0915. The minimum absolute atomic E-state index is 0.0821. The molecule has 0 radical (unpaired) electrons. The number of furan rings is 1. The number of hydrogen-bond acceptors (Lipinski definition) is 3. The SMILES string of the molecule is Cc1ccc(C(CNC(=O)c2oc3ccc(Cl)cc3c2C)N(C)C)cc1. The van der Waals surface area contributed by atoms with Gasteiger partial charge in [-0.15, -0.1) is 0 Å². The van der Waals surface area contributed by atoms with E-state index >= 15 is 0 Å². The number of benzene rings is 2. The van der Waals surface area contributed by atoms with E-state index in [-0.39, 0.29) is 11.9 Å². The molecule has 1 unspecified atom stereocenters. The first-order valence-electron chi connectivity index (χ1n) is 8.56. The largest absolute Gasteiger partial charge is 0.451 e. The Bertz CT molecular complexity index is 929. The fraction of sp³-hybridized carbons (Fsp3) is 0.286. The van der Waals surface area contributed by atoms with Crippen molar-refractivity contribution in [2.45, 2.75) is 19.9 Å². The van der Waals surface area contributed by atoms with Crippen molar-refractivity contribution in [3.63, 3.8) is 0 Å². The summed E-state index contributed by atoms with van der Waals surface area (Å²) in [6.07, 6.45) is 0. The van der Waals surface area contributed by atoms with Crippen LogP contribution in [0, 0.1) is 13.8 Å². The number of halogens is 1. The molecule has 0 spiro atoms. The summed E-state index contributed by atoms with van der Waals surface area (Å²) in [6, 6.07) is 13.8. The molecule has 0 bridgehead atoms. The van der Waals surface area contributed by atoms with Gasteiger partial charge in [-0.2, -0.15) is 0 Å². The van der Waals surface area contributed by atoms with Crippen molar-refractivity contribution in [2.75, 3.05) is 20.6 Å². The molecule has 5 heteroatoms. The van der Waals surface area contributed by atoms with Crippen molar-refractivity contribution in [1.29, 1.82) is 0 Å². The summed E-state index contributed by atoms with van der Waals surface area (Å²) in [4.78, 5) is 14.8. The molecule has 3 aromatic rings. The monoisotopic (exact) mass is 370 g/mol. The third-order valence-electron chi connectivity index (χ3n) is 4.65. The number of nitrogens with zero attached hydrogens (tertiary/aromatic N) is 1. The first-order chi connectivity index (χ1) is 12.4. The molecule has 1 amide bonds. The van der Waals surface area contributed by atoms with Crippen LogP contribution in [0.5, 0.6) is 0 Å². The number of aryl methyl sites for hydroxylation is 2. The van der Waals surface area contributed by atoms with Gasteiger partial charge in [-0.25, -0.2) is 0 Å². The topological polar surface area (TPSA) is 45.5 Å². The normalized spacial score (nSPS) is 12.5. The Kier molecular flexibility index (Phi) is 5.35. The fourth-order valence-corrected chi connectivity index (χ4v) is 3.24. The van der Waals surface area contributed by atoms with Crippen LogP contribution in [-0.4, -0.2) is 31.4 Å². The Hall–Kier alpha value is -2.30. The second kappa shape index (κ2) is 7.52. The van der Waals surface area contributed by atoms with Gasteiger partial charge in [0.1, 0.15) is 5.58 Å². The van der Waals surface area contributed by atoms with Crippen molar-refractivity contribution in [1.82, 2.24) is 10.2 Å². The van der Waals surface area contributed by atoms with Gasteiger partial charge in [0, 0.05) is 22.5 Å². The summed E-state index contributed by atoms with van der Waals surface area (Å²) in [5.41, 5.74) is 3.84. The van der Waals surface area contributed by atoms with Crippen molar-refractivity contribution in [2.24, 2.45) is 0 Å². The number of carbonyl (C=O) groups excluding carboxylic acids is 1. The molecule has 3 rings (SSSR count). The van der Waals surface area contributed by atoms with Crippen molar-refractivity contribution in [3.8, 4) is 0 Å². The Labute approximate surface area is 158 Å². The van der Waals surface area contributed by atoms with Gasteiger partial charge in [0.05, 0.1) is 6.04 Å². The van der Waals surface area contributed by atoms with Gasteiger partial charge in [0.15, 0.2) is 5.76 Å². The molecule has 0 aliphatic rings. The summed E-state index contributed by atoms with van der Waals surface area (Å²) >= 11 is 6.05. The summed E-state index contributed by atoms with van der Waals surface area (Å²) in [6.45, 7) is 4.43. The Morgan fingerprint density at radius 2 is 1.85 bits per heavy atom. The van der Waals surface area contributed by atoms with Crippen LogP contribution in [0.4, 0.5) is 0 Å². The molecule has 1 heterocycles. The highest BCUT2D eigenvalue weighted by molar-refractivity contribution is 6.31. The van der Waals surface area contributed by atoms with E-state index in [2.05, 4.69) is 41.4 Å². The van der Waals surface area contributed by atoms with Crippen LogP contribution in [0.25, 0.3) is 11.0 Å². The third kappa shape index (κ3) is 3.76. The lowest BCUT2D eigenvalue weighted by atomic mass is 10.0. The molecular formula is C21H23ClN2O2. The second-order valence-electron chi connectivity index (χ2n) is 6.80. The number of carbonyl (C=O) groups is 1. The predicted octanol–water partition coefficient (Wildman–Crippen LogP) is 4.74. The van der Waals surface area contributed by atoms with Gasteiger partial charge in [0.2, 0.25) is 0 Å². The standard InChI is InChI=1S/C21H23ClN2O2/c1-13-5-7-15(8-6-13)18(24(3)4)12-23-21(25)20-14(2)17-11-16(22)9-10-19(17)26-20/h5-11,18H,12H2,1-4H3,(H,23,25). The second-order valence-corrected chi connectivity index (χ2v) is 7.23. The lowest BCUT2D eigenvalue weighted by Crippen LogP contribution is -2.34. The van der Waals surface area contributed by atoms with Gasteiger partial charge in [0.25, 0.3) is 5.91 Å². The van der Waals surface area contributed by atoms with Crippen molar-refractivity contribution < 1.29 is 9.21 Å². The van der Waals surface area contributed by atoms with E-state index in [0.29, 0.717) is 22.9 Å². The van der Waals surface area contributed by atoms with Crippen LogP contribution in [0.15, 0.2) is 46.9 Å². The smallest absolute Gasteiger partial charge is 0.287 e. The maximum absolute atomic E-state index is 12.7. The molecule has 0 saturated carbocycles. The van der Waals surface area contributed by atoms with Crippen LogP contribution in [0.2, 0.25) is 5.02 Å². The van der Waals surface area contributed by atoms with Gasteiger partial charge in [-0.3, -0.25) is 4.79 Å². The van der Waals surface area contributed by atoms with E-state index in [1.807, 2.05) is 27.1 Å². The predicted molar refractivity (Wildman–Crippen MR) is 106 cm³/mol. The maximum Gasteiger partial charge on any atom is 0.287 e. The zero-order valence-corrected chi connectivity index (χ0v) is 16.2. The molecule has 136 valence electrons. The van der Waals surface area contributed by atoms with Gasteiger partial charge >= 0.3 is 0 Å². The van der Waals surface area contributed by atoms with Gasteiger partial charge in [-0.1, -0.05) is 41.4 Å². The van der Waals surface area contributed by atoms with Crippen LogP contribution in [-0.2, 0) is 0 Å². The molecule has 1 aromatic heterocycles. The molecule has 4 nitrogen and oxygen atoms in total. The van der Waals surface area contributed by atoms with Crippen LogP contribution >= 0.6 is 11.6 Å². The lowest BCUT2D eigenvalue weighted by Gasteiger charge is -2.25. The van der Waals surface area contributed by atoms with E-state index in [1.165, 1.54) is 5.56 Å². The minimum atomic E-state index is -0.214. The first kappa shape index (κ1) is 18.5. The van der Waals surface area contributed by atoms with Gasteiger partial charge in [-0.05, 0) is 51.7 Å². The Morgan fingerprint density at radius 1 is 1.15 bits per heavy atom. The minimum Gasteiger partial charge on any atom is -0.451 e. The van der Waals surface area contributed by atoms with Crippen molar-refractivity contribution >= 4 is 28.5 Å². The average Bonchev–Trinajstić information content (AvgIpc) is 2.93. The molecule has 1 N–H and O–H groups in total. The Morgan fingerprint density at radius 3 is 2.50 bits per heavy atom. The van der Waals surface area contributed by atoms with E-state index in [9.17, 15) is 4.79 Å². The molecular weight excluding hydrogens is 348 g/mol. The Balaban J connectivity index is 1.78. The number of rotatable bonds is 5. The summed E-state index contributed by atoms with van der Waals surface area (Å²) in [5.74, 6) is 0.123. The molecule has 26 heavy (non-hydrogen) atoms. The molecule has 0 aliphatic heterocycles. The number of amides is 1. The summed E-state index contributed by atoms with van der Waals surface area (Å²) < 4.78 is 5.75. The van der Waals surface area contributed by atoms with Gasteiger partial charge < -0.3 is 14.6 Å². The first-order valence-corrected chi connectivity index (χ1v) is 8.94. The summed E-state index contributed by atoms with van der Waals surface area (Å²) in [5, 5.41) is 4.49.